The molecule has 0 saturated carbocycles. The van der Waals surface area contributed by atoms with E-state index < -0.39 is 9.85 Å². The van der Waals surface area contributed by atoms with Crippen molar-refractivity contribution < 1.29 is 14.6 Å². The van der Waals surface area contributed by atoms with Crippen molar-refractivity contribution in [3.8, 4) is 11.3 Å². The number of amides is 1. The van der Waals surface area contributed by atoms with Crippen molar-refractivity contribution in [2.24, 2.45) is 0 Å². The molecule has 12 heteroatoms. The standard InChI is InChI=1S/C21H16Cl2N4O5S/c22-15-5-4-13(10-18(15)27(31)32)16-11-33-20(24-16)12-6-8-25(9-7-12)21(28)14-2-1-3-17(19(14)23)26(29)30/h1-5,10-12H,6-9H2. The van der Waals surface area contributed by atoms with Crippen LogP contribution in [-0.2, 0) is 0 Å². The van der Waals surface area contributed by atoms with Gasteiger partial charge in [0.15, 0.2) is 0 Å². The number of hydrogen-bond acceptors (Lipinski definition) is 7. The average molecular weight is 507 g/mol. The molecule has 0 aliphatic carbocycles. The number of nitro groups is 2. The fourth-order valence-corrected chi connectivity index (χ4v) is 5.21. The molecule has 1 amide bonds. The molecule has 1 saturated heterocycles. The van der Waals surface area contributed by atoms with Crippen molar-refractivity contribution in [3.05, 3.63) is 82.6 Å². The first-order valence-corrected chi connectivity index (χ1v) is 11.5. The van der Waals surface area contributed by atoms with Crippen LogP contribution in [-0.4, -0.2) is 38.7 Å². The minimum Gasteiger partial charge on any atom is -0.339 e. The van der Waals surface area contributed by atoms with E-state index in [4.69, 9.17) is 23.2 Å². The van der Waals surface area contributed by atoms with Gasteiger partial charge in [-0.15, -0.1) is 11.3 Å². The Labute approximate surface area is 201 Å². The monoisotopic (exact) mass is 506 g/mol. The summed E-state index contributed by atoms with van der Waals surface area (Å²) in [7, 11) is 0. The van der Waals surface area contributed by atoms with E-state index in [0.29, 0.717) is 37.2 Å². The number of carbonyl (C=O) groups is 1. The number of nitrogens with zero attached hydrogens (tertiary/aromatic N) is 4. The molecule has 1 aliphatic rings. The maximum Gasteiger partial charge on any atom is 0.288 e. The van der Waals surface area contributed by atoms with E-state index in [0.717, 1.165) is 5.01 Å². The van der Waals surface area contributed by atoms with Gasteiger partial charge in [0.2, 0.25) is 0 Å². The topological polar surface area (TPSA) is 119 Å². The average Bonchev–Trinajstić information content (AvgIpc) is 3.29. The minimum absolute atomic E-state index is 0.0695. The molecule has 1 aromatic heterocycles. The molecule has 4 rings (SSSR count). The maximum absolute atomic E-state index is 12.9. The summed E-state index contributed by atoms with van der Waals surface area (Å²) in [6, 6.07) is 8.78. The molecule has 9 nitrogen and oxygen atoms in total. The van der Waals surface area contributed by atoms with Crippen molar-refractivity contribution in [3.63, 3.8) is 0 Å². The zero-order valence-corrected chi connectivity index (χ0v) is 19.3. The molecular formula is C21H16Cl2N4O5S. The second kappa shape index (κ2) is 9.42. The summed E-state index contributed by atoms with van der Waals surface area (Å²) in [5.41, 5.74) is 0.897. The van der Waals surface area contributed by atoms with Crippen LogP contribution in [0, 0.1) is 20.2 Å². The lowest BCUT2D eigenvalue weighted by Crippen LogP contribution is -2.38. The number of hydrogen-bond donors (Lipinski definition) is 0. The normalized spacial score (nSPS) is 14.3. The number of thiazole rings is 1. The number of nitro benzene ring substituents is 2. The zero-order valence-electron chi connectivity index (χ0n) is 16.9. The third kappa shape index (κ3) is 4.68. The number of rotatable bonds is 5. The van der Waals surface area contributed by atoms with Crippen LogP contribution in [0.5, 0.6) is 0 Å². The summed E-state index contributed by atoms with van der Waals surface area (Å²) in [4.78, 5) is 40.3. The van der Waals surface area contributed by atoms with Crippen LogP contribution in [0.25, 0.3) is 11.3 Å². The van der Waals surface area contributed by atoms with Gasteiger partial charge in [-0.2, -0.15) is 0 Å². The summed E-state index contributed by atoms with van der Waals surface area (Å²) in [5.74, 6) is -0.203. The quantitative estimate of drug-likeness (QED) is 0.311. The summed E-state index contributed by atoms with van der Waals surface area (Å²) >= 11 is 13.5. The van der Waals surface area contributed by atoms with E-state index in [2.05, 4.69) is 4.98 Å². The summed E-state index contributed by atoms with van der Waals surface area (Å²) in [6.45, 7) is 0.924. The van der Waals surface area contributed by atoms with Gasteiger partial charge < -0.3 is 4.90 Å². The van der Waals surface area contributed by atoms with Crippen LogP contribution in [0.15, 0.2) is 41.8 Å². The Morgan fingerprint density at radius 3 is 2.42 bits per heavy atom. The minimum atomic E-state index is -0.610. The number of carbonyl (C=O) groups excluding carboxylic acids is 1. The highest BCUT2D eigenvalue weighted by atomic mass is 35.5. The molecule has 1 fully saturated rings. The van der Waals surface area contributed by atoms with Gasteiger partial charge in [-0.1, -0.05) is 35.3 Å². The van der Waals surface area contributed by atoms with Gasteiger partial charge in [0.1, 0.15) is 10.0 Å². The Balaban J connectivity index is 1.45. The van der Waals surface area contributed by atoms with Crippen molar-refractivity contribution in [1.29, 1.82) is 0 Å². The van der Waals surface area contributed by atoms with Crippen LogP contribution in [0.3, 0.4) is 0 Å². The molecule has 0 radical (unpaired) electrons. The molecule has 0 N–H and O–H groups in total. The number of likely N-dealkylation sites (tertiary alicyclic amines) is 1. The molecule has 2 heterocycles. The van der Waals surface area contributed by atoms with Crippen LogP contribution in [0.4, 0.5) is 11.4 Å². The Morgan fingerprint density at radius 2 is 1.76 bits per heavy atom. The van der Waals surface area contributed by atoms with Gasteiger partial charge in [-0.05, 0) is 25.0 Å². The molecule has 2 aromatic carbocycles. The molecule has 0 spiro atoms. The van der Waals surface area contributed by atoms with Crippen LogP contribution >= 0.6 is 34.5 Å². The third-order valence-corrected chi connectivity index (χ3v) is 7.22. The molecule has 3 aromatic rings. The smallest absolute Gasteiger partial charge is 0.288 e. The molecule has 0 bridgehead atoms. The Kier molecular flexibility index (Phi) is 6.59. The molecule has 33 heavy (non-hydrogen) atoms. The van der Waals surface area contributed by atoms with Gasteiger partial charge in [0.05, 0.1) is 26.1 Å². The SMILES string of the molecule is O=C(c1cccc([N+](=O)[O-])c1Cl)N1CCC(c2nc(-c3ccc(Cl)c([N+](=O)[O-])c3)cs2)CC1. The molecule has 1 aliphatic heterocycles. The highest BCUT2D eigenvalue weighted by molar-refractivity contribution is 7.10. The number of benzene rings is 2. The van der Waals surface area contributed by atoms with E-state index in [-0.39, 0.29) is 38.8 Å². The van der Waals surface area contributed by atoms with Crippen molar-refractivity contribution in [1.82, 2.24) is 9.88 Å². The first-order chi connectivity index (χ1) is 15.8. The Bertz CT molecular complexity index is 1260. The second-order valence-electron chi connectivity index (χ2n) is 7.46. The van der Waals surface area contributed by atoms with E-state index in [1.54, 1.807) is 11.0 Å². The van der Waals surface area contributed by atoms with Crippen LogP contribution < -0.4 is 0 Å². The van der Waals surface area contributed by atoms with Gasteiger partial charge in [-0.3, -0.25) is 25.0 Å². The zero-order chi connectivity index (χ0) is 23.7. The van der Waals surface area contributed by atoms with Crippen LogP contribution in [0.2, 0.25) is 10.0 Å². The molecule has 0 unspecified atom stereocenters. The van der Waals surface area contributed by atoms with Gasteiger partial charge in [0, 0.05) is 42.1 Å². The van der Waals surface area contributed by atoms with Gasteiger partial charge >= 0.3 is 0 Å². The number of aromatic nitrogens is 1. The number of piperidine rings is 1. The molecular weight excluding hydrogens is 491 g/mol. The van der Waals surface area contributed by atoms with Crippen LogP contribution in [0.1, 0.15) is 34.1 Å². The number of halogens is 2. The summed E-state index contributed by atoms with van der Waals surface area (Å²) < 4.78 is 0. The van der Waals surface area contributed by atoms with Crippen molar-refractivity contribution in [2.75, 3.05) is 13.1 Å². The fraction of sp³-hybridized carbons (Fsp3) is 0.238. The third-order valence-electron chi connectivity index (χ3n) is 5.50. The fourth-order valence-electron chi connectivity index (χ4n) is 3.75. The highest BCUT2D eigenvalue weighted by Gasteiger charge is 2.29. The predicted molar refractivity (Wildman–Crippen MR) is 125 cm³/mol. The molecule has 0 atom stereocenters. The first-order valence-electron chi connectivity index (χ1n) is 9.88. The first kappa shape index (κ1) is 23.1. The lowest BCUT2D eigenvalue weighted by Gasteiger charge is -2.31. The van der Waals surface area contributed by atoms with E-state index in [1.807, 2.05) is 5.38 Å². The Morgan fingerprint density at radius 1 is 1.06 bits per heavy atom. The maximum atomic E-state index is 12.9. The van der Waals surface area contributed by atoms with E-state index in [1.165, 1.54) is 41.7 Å². The predicted octanol–water partition coefficient (Wildman–Crippen LogP) is 5.95. The summed E-state index contributed by atoms with van der Waals surface area (Å²) in [5, 5.41) is 24.9. The second-order valence-corrected chi connectivity index (χ2v) is 9.13. The lowest BCUT2D eigenvalue weighted by molar-refractivity contribution is -0.384. The Hall–Kier alpha value is -3.08. The van der Waals surface area contributed by atoms with E-state index in [9.17, 15) is 25.0 Å². The lowest BCUT2D eigenvalue weighted by atomic mass is 9.97. The molecule has 170 valence electrons. The van der Waals surface area contributed by atoms with Gasteiger partial charge in [0.25, 0.3) is 17.3 Å². The van der Waals surface area contributed by atoms with Gasteiger partial charge in [-0.25, -0.2) is 4.98 Å². The highest BCUT2D eigenvalue weighted by Crippen LogP contribution is 2.36. The largest absolute Gasteiger partial charge is 0.339 e. The van der Waals surface area contributed by atoms with Crippen molar-refractivity contribution >= 4 is 51.8 Å². The van der Waals surface area contributed by atoms with Crippen molar-refractivity contribution in [2.45, 2.75) is 18.8 Å². The summed E-state index contributed by atoms with van der Waals surface area (Å²) in [6.07, 6.45) is 1.35. The van der Waals surface area contributed by atoms with E-state index >= 15 is 0 Å².